The minimum Gasteiger partial charge on any atom is -0.383 e. The molecule has 6 heteroatoms. The number of methoxy groups -OCH3 is 1. The molecule has 0 aliphatic carbocycles. The second-order valence-corrected chi connectivity index (χ2v) is 4.39. The summed E-state index contributed by atoms with van der Waals surface area (Å²) in [5, 5.41) is 8.13. The lowest BCUT2D eigenvalue weighted by Gasteiger charge is -2.13. The van der Waals surface area contributed by atoms with Gasteiger partial charge in [0, 0.05) is 24.9 Å². The van der Waals surface area contributed by atoms with Crippen molar-refractivity contribution in [2.75, 3.05) is 25.6 Å². The highest BCUT2D eigenvalue weighted by atomic mass is 16.5. The molecular weight excluding hydrogens is 258 g/mol. The summed E-state index contributed by atoms with van der Waals surface area (Å²) in [6, 6.07) is 6.32. The van der Waals surface area contributed by atoms with Gasteiger partial charge in [-0.15, -0.1) is 0 Å². The zero-order chi connectivity index (χ0) is 15.0. The van der Waals surface area contributed by atoms with Crippen molar-refractivity contribution in [3.63, 3.8) is 0 Å². The summed E-state index contributed by atoms with van der Waals surface area (Å²) in [5.41, 5.74) is 1.19. The van der Waals surface area contributed by atoms with Gasteiger partial charge in [0.2, 0.25) is 0 Å². The molecule has 1 aromatic carbocycles. The highest BCUT2D eigenvalue weighted by Gasteiger charge is 2.08. The van der Waals surface area contributed by atoms with Gasteiger partial charge in [0.1, 0.15) is 0 Å². The largest absolute Gasteiger partial charge is 0.383 e. The monoisotopic (exact) mass is 279 g/mol. The van der Waals surface area contributed by atoms with E-state index in [4.69, 9.17) is 4.74 Å². The average molecular weight is 279 g/mol. The van der Waals surface area contributed by atoms with E-state index < -0.39 is 0 Å². The summed E-state index contributed by atoms with van der Waals surface area (Å²) < 4.78 is 4.93. The fraction of sp³-hybridized carbons (Fsp3) is 0.429. The Labute approximate surface area is 118 Å². The molecule has 6 nitrogen and oxygen atoms in total. The first-order chi connectivity index (χ1) is 9.56. The van der Waals surface area contributed by atoms with E-state index in [2.05, 4.69) is 16.0 Å². The maximum Gasteiger partial charge on any atom is 0.319 e. The van der Waals surface area contributed by atoms with E-state index in [-0.39, 0.29) is 18.0 Å². The van der Waals surface area contributed by atoms with Crippen LogP contribution < -0.4 is 16.0 Å². The van der Waals surface area contributed by atoms with Crippen LogP contribution in [-0.2, 0) is 4.74 Å². The molecule has 0 spiro atoms. The number of amides is 3. The van der Waals surface area contributed by atoms with Crippen molar-refractivity contribution in [2.24, 2.45) is 0 Å². The quantitative estimate of drug-likeness (QED) is 0.740. The van der Waals surface area contributed by atoms with Crippen LogP contribution in [0.3, 0.4) is 0 Å². The zero-order valence-corrected chi connectivity index (χ0v) is 12.0. The number of urea groups is 1. The average Bonchev–Trinajstić information content (AvgIpc) is 2.39. The molecular formula is C14H21N3O3. The highest BCUT2D eigenvalue weighted by molar-refractivity contribution is 5.95. The van der Waals surface area contributed by atoms with Crippen LogP contribution >= 0.6 is 0 Å². The van der Waals surface area contributed by atoms with Crippen molar-refractivity contribution in [1.29, 1.82) is 0 Å². The van der Waals surface area contributed by atoms with Gasteiger partial charge in [-0.2, -0.15) is 0 Å². The lowest BCUT2D eigenvalue weighted by Crippen LogP contribution is -2.38. The predicted octanol–water partition coefficient (Wildman–Crippen LogP) is 1.59. The minimum absolute atomic E-state index is 0.0744. The van der Waals surface area contributed by atoms with Gasteiger partial charge in [-0.1, -0.05) is 0 Å². The van der Waals surface area contributed by atoms with Gasteiger partial charge in [0.05, 0.1) is 12.6 Å². The number of benzene rings is 1. The summed E-state index contributed by atoms with van der Waals surface area (Å²) in [4.78, 5) is 23.2. The molecule has 0 fully saturated rings. The molecule has 0 saturated heterocycles. The molecule has 0 aliphatic rings. The first kappa shape index (κ1) is 16.0. The molecule has 1 rings (SSSR count). The number of rotatable bonds is 6. The van der Waals surface area contributed by atoms with Crippen molar-refractivity contribution >= 4 is 17.6 Å². The molecule has 0 bridgehead atoms. The van der Waals surface area contributed by atoms with Crippen LogP contribution in [0.15, 0.2) is 24.3 Å². The van der Waals surface area contributed by atoms with Crippen LogP contribution in [0.2, 0.25) is 0 Å². The van der Waals surface area contributed by atoms with E-state index >= 15 is 0 Å². The van der Waals surface area contributed by atoms with E-state index in [1.807, 2.05) is 13.8 Å². The van der Waals surface area contributed by atoms with Crippen molar-refractivity contribution < 1.29 is 14.3 Å². The number of carbonyl (C=O) groups excluding carboxylic acids is 2. The topological polar surface area (TPSA) is 79.5 Å². The maximum absolute atomic E-state index is 11.7. The van der Waals surface area contributed by atoms with Gasteiger partial charge >= 0.3 is 6.03 Å². The van der Waals surface area contributed by atoms with Crippen LogP contribution in [0.1, 0.15) is 24.2 Å². The molecule has 3 amide bonds. The standard InChI is InChI=1S/C14H21N3O3/c1-4-15-13(18)11-5-7-12(8-6-11)17-14(19)16-10(2)9-20-3/h5-8,10H,4,9H2,1-3H3,(H,15,18)(H2,16,17,19). The van der Waals surface area contributed by atoms with E-state index in [0.717, 1.165) is 0 Å². The lowest BCUT2D eigenvalue weighted by molar-refractivity contribution is 0.0956. The van der Waals surface area contributed by atoms with Crippen LogP contribution in [0.5, 0.6) is 0 Å². The van der Waals surface area contributed by atoms with Crippen LogP contribution in [0, 0.1) is 0 Å². The van der Waals surface area contributed by atoms with Crippen LogP contribution in [0.4, 0.5) is 10.5 Å². The third-order valence-corrected chi connectivity index (χ3v) is 2.54. The number of carbonyl (C=O) groups is 2. The zero-order valence-electron chi connectivity index (χ0n) is 12.0. The van der Waals surface area contributed by atoms with Crippen LogP contribution in [-0.4, -0.2) is 38.2 Å². The van der Waals surface area contributed by atoms with Crippen LogP contribution in [0.25, 0.3) is 0 Å². The van der Waals surface area contributed by atoms with Gasteiger partial charge in [-0.25, -0.2) is 4.79 Å². The number of ether oxygens (including phenoxy) is 1. The van der Waals surface area contributed by atoms with Gasteiger partial charge in [0.25, 0.3) is 5.91 Å². The van der Waals surface area contributed by atoms with Crippen molar-refractivity contribution in [3.05, 3.63) is 29.8 Å². The van der Waals surface area contributed by atoms with Crippen molar-refractivity contribution in [3.8, 4) is 0 Å². The van der Waals surface area contributed by atoms with Gasteiger partial charge in [-0.3, -0.25) is 4.79 Å². The molecule has 0 aliphatic heterocycles. The van der Waals surface area contributed by atoms with Gasteiger partial charge in [0.15, 0.2) is 0 Å². The maximum atomic E-state index is 11.7. The fourth-order valence-electron chi connectivity index (χ4n) is 1.65. The summed E-state index contributed by atoms with van der Waals surface area (Å²) in [6.07, 6.45) is 0. The van der Waals surface area contributed by atoms with E-state index in [0.29, 0.717) is 24.4 Å². The Morgan fingerprint density at radius 1 is 1.25 bits per heavy atom. The Kier molecular flexibility index (Phi) is 6.52. The molecule has 1 unspecified atom stereocenters. The highest BCUT2D eigenvalue weighted by Crippen LogP contribution is 2.09. The number of anilines is 1. The fourth-order valence-corrected chi connectivity index (χ4v) is 1.65. The Morgan fingerprint density at radius 3 is 2.45 bits per heavy atom. The Morgan fingerprint density at radius 2 is 1.90 bits per heavy atom. The molecule has 0 heterocycles. The third-order valence-electron chi connectivity index (χ3n) is 2.54. The van der Waals surface area contributed by atoms with Crippen molar-refractivity contribution in [2.45, 2.75) is 19.9 Å². The lowest BCUT2D eigenvalue weighted by atomic mass is 10.2. The molecule has 0 aromatic heterocycles. The first-order valence-electron chi connectivity index (χ1n) is 6.51. The van der Waals surface area contributed by atoms with E-state index in [9.17, 15) is 9.59 Å². The molecule has 0 saturated carbocycles. The van der Waals surface area contributed by atoms with Gasteiger partial charge < -0.3 is 20.7 Å². The van der Waals surface area contributed by atoms with Crippen molar-refractivity contribution in [1.82, 2.24) is 10.6 Å². The second kappa shape index (κ2) is 8.16. The number of nitrogens with one attached hydrogen (secondary N) is 3. The summed E-state index contributed by atoms with van der Waals surface area (Å²) in [6.45, 7) is 4.74. The summed E-state index contributed by atoms with van der Waals surface area (Å²) in [5.74, 6) is -0.128. The molecule has 20 heavy (non-hydrogen) atoms. The van der Waals surface area contributed by atoms with E-state index in [1.54, 1.807) is 31.4 Å². The smallest absolute Gasteiger partial charge is 0.319 e. The first-order valence-corrected chi connectivity index (χ1v) is 6.51. The summed E-state index contributed by atoms with van der Waals surface area (Å²) >= 11 is 0. The Bertz CT molecular complexity index is 445. The normalized spacial score (nSPS) is 11.6. The molecule has 1 atom stereocenters. The third kappa shape index (κ3) is 5.27. The Hall–Kier alpha value is -2.08. The SMILES string of the molecule is CCNC(=O)c1ccc(NC(=O)NC(C)COC)cc1. The minimum atomic E-state index is -0.305. The molecule has 3 N–H and O–H groups in total. The number of hydrogen-bond donors (Lipinski definition) is 3. The second-order valence-electron chi connectivity index (χ2n) is 4.39. The Balaban J connectivity index is 2.52. The predicted molar refractivity (Wildman–Crippen MR) is 77.9 cm³/mol. The molecule has 1 aromatic rings. The molecule has 0 radical (unpaired) electrons. The molecule has 110 valence electrons. The summed E-state index contributed by atoms with van der Waals surface area (Å²) in [7, 11) is 1.58. The van der Waals surface area contributed by atoms with Gasteiger partial charge in [-0.05, 0) is 38.1 Å². The number of hydrogen-bond acceptors (Lipinski definition) is 3. The van der Waals surface area contributed by atoms with E-state index in [1.165, 1.54) is 0 Å².